The fourth-order valence-corrected chi connectivity index (χ4v) is 3.56. The number of aryl methyl sites for hydroxylation is 3. The molecule has 0 spiro atoms. The molecule has 0 unspecified atom stereocenters. The Hall–Kier alpha value is -3.68. The third-order valence-electron chi connectivity index (χ3n) is 5.27. The van der Waals surface area contributed by atoms with Crippen LogP contribution < -0.4 is 15.5 Å². The highest BCUT2D eigenvalue weighted by Gasteiger charge is 2.23. The second kappa shape index (κ2) is 8.99. The van der Waals surface area contributed by atoms with Crippen molar-refractivity contribution in [1.82, 2.24) is 19.9 Å². The zero-order chi connectivity index (χ0) is 21.8. The summed E-state index contributed by atoms with van der Waals surface area (Å²) in [4.78, 5) is 30.1. The number of urea groups is 1. The van der Waals surface area contributed by atoms with E-state index in [-0.39, 0.29) is 6.03 Å². The fraction of sp³-hybridized carbons (Fsp3) is 0.304. The number of hydrogen-bond acceptors (Lipinski definition) is 6. The Morgan fingerprint density at radius 3 is 2.45 bits per heavy atom. The normalized spacial score (nSPS) is 13.8. The molecule has 8 nitrogen and oxygen atoms in total. The summed E-state index contributed by atoms with van der Waals surface area (Å²) in [5.41, 5.74) is 3.03. The maximum atomic E-state index is 12.7. The van der Waals surface area contributed by atoms with Crippen LogP contribution in [0.5, 0.6) is 0 Å². The Kier molecular flexibility index (Phi) is 5.97. The lowest BCUT2D eigenvalue weighted by molar-refractivity contribution is 0.208. The zero-order valence-corrected chi connectivity index (χ0v) is 18.1. The summed E-state index contributed by atoms with van der Waals surface area (Å²) < 4.78 is 0. The van der Waals surface area contributed by atoms with E-state index in [0.29, 0.717) is 37.8 Å². The molecule has 0 bridgehead atoms. The average Bonchev–Trinajstić information content (AvgIpc) is 2.75. The smallest absolute Gasteiger partial charge is 0.321 e. The van der Waals surface area contributed by atoms with Crippen LogP contribution in [0.3, 0.4) is 0 Å². The molecule has 0 radical (unpaired) electrons. The van der Waals surface area contributed by atoms with Crippen molar-refractivity contribution in [1.29, 1.82) is 0 Å². The number of carbonyl (C=O) groups is 1. The van der Waals surface area contributed by atoms with Gasteiger partial charge in [-0.25, -0.2) is 19.7 Å². The maximum Gasteiger partial charge on any atom is 0.321 e. The molecular formula is C23H27N7O. The number of piperazine rings is 1. The van der Waals surface area contributed by atoms with E-state index in [2.05, 4.69) is 30.5 Å². The average molecular weight is 418 g/mol. The largest absolute Gasteiger partial charge is 0.353 e. The summed E-state index contributed by atoms with van der Waals surface area (Å²) >= 11 is 0. The van der Waals surface area contributed by atoms with Gasteiger partial charge in [-0.15, -0.1) is 0 Å². The molecule has 3 aromatic rings. The number of rotatable bonds is 4. The minimum absolute atomic E-state index is 0.0688. The first kappa shape index (κ1) is 20.6. The number of para-hydroxylation sites is 1. The predicted octanol–water partition coefficient (Wildman–Crippen LogP) is 3.89. The highest BCUT2D eigenvalue weighted by molar-refractivity contribution is 5.90. The highest BCUT2D eigenvalue weighted by atomic mass is 16.2. The van der Waals surface area contributed by atoms with Crippen molar-refractivity contribution >= 4 is 29.2 Å². The maximum absolute atomic E-state index is 12.7. The molecule has 0 atom stereocenters. The van der Waals surface area contributed by atoms with Crippen LogP contribution in [0.25, 0.3) is 0 Å². The van der Waals surface area contributed by atoms with Gasteiger partial charge in [-0.3, -0.25) is 0 Å². The lowest BCUT2D eigenvalue weighted by atomic mass is 10.2. The van der Waals surface area contributed by atoms with Crippen LogP contribution >= 0.6 is 0 Å². The molecule has 3 heterocycles. The van der Waals surface area contributed by atoms with Crippen LogP contribution in [0, 0.1) is 20.8 Å². The van der Waals surface area contributed by atoms with Crippen molar-refractivity contribution in [3.8, 4) is 0 Å². The Balaban J connectivity index is 1.40. The lowest BCUT2D eigenvalue weighted by Gasteiger charge is -2.35. The third kappa shape index (κ3) is 5.09. The molecule has 1 aromatic carbocycles. The van der Waals surface area contributed by atoms with Gasteiger partial charge >= 0.3 is 6.03 Å². The van der Waals surface area contributed by atoms with Gasteiger partial charge in [0.1, 0.15) is 23.3 Å². The van der Waals surface area contributed by atoms with Crippen LogP contribution in [0.1, 0.15) is 17.0 Å². The van der Waals surface area contributed by atoms with Gasteiger partial charge in [-0.2, -0.15) is 0 Å². The summed E-state index contributed by atoms with van der Waals surface area (Å²) in [6.07, 6.45) is 1.77. The Bertz CT molecular complexity index is 1080. The molecule has 0 saturated carbocycles. The van der Waals surface area contributed by atoms with E-state index in [0.717, 1.165) is 28.5 Å². The minimum Gasteiger partial charge on any atom is -0.353 e. The number of anilines is 4. The number of aromatic nitrogens is 3. The molecule has 1 fully saturated rings. The van der Waals surface area contributed by atoms with Gasteiger partial charge in [-0.05, 0) is 50.1 Å². The quantitative estimate of drug-likeness (QED) is 0.670. The van der Waals surface area contributed by atoms with Crippen LogP contribution in [-0.4, -0.2) is 52.1 Å². The molecule has 4 rings (SSSR count). The standard InChI is InChI=1S/C23H27N7O/c1-16-8-9-24-20(14-16)28-21-15-22(26-18(3)25-21)29-10-12-30(13-11-29)23(31)27-19-7-5-4-6-17(19)2/h4-9,14-15H,10-13H2,1-3H3,(H,27,31)(H,24,25,26,28). The van der Waals surface area contributed by atoms with E-state index < -0.39 is 0 Å². The fourth-order valence-electron chi connectivity index (χ4n) is 3.56. The van der Waals surface area contributed by atoms with Crippen molar-refractivity contribution < 1.29 is 4.79 Å². The molecule has 1 aliphatic heterocycles. The molecule has 2 aromatic heterocycles. The van der Waals surface area contributed by atoms with Gasteiger partial charge in [0.05, 0.1) is 0 Å². The number of pyridine rings is 1. The molecule has 1 aliphatic rings. The van der Waals surface area contributed by atoms with E-state index in [4.69, 9.17) is 0 Å². The van der Waals surface area contributed by atoms with E-state index in [1.807, 2.05) is 68.1 Å². The first-order valence-corrected chi connectivity index (χ1v) is 10.4. The van der Waals surface area contributed by atoms with E-state index in [9.17, 15) is 4.79 Å². The third-order valence-corrected chi connectivity index (χ3v) is 5.27. The highest BCUT2D eigenvalue weighted by Crippen LogP contribution is 2.21. The van der Waals surface area contributed by atoms with Crippen LogP contribution in [-0.2, 0) is 0 Å². The molecular weight excluding hydrogens is 390 g/mol. The van der Waals surface area contributed by atoms with Crippen molar-refractivity contribution in [2.45, 2.75) is 20.8 Å². The zero-order valence-electron chi connectivity index (χ0n) is 18.1. The summed E-state index contributed by atoms with van der Waals surface area (Å²) in [5, 5.41) is 6.27. The van der Waals surface area contributed by atoms with Gasteiger partial charge in [0.15, 0.2) is 0 Å². The van der Waals surface area contributed by atoms with E-state index in [1.165, 1.54) is 0 Å². The second-order valence-corrected chi connectivity index (χ2v) is 7.72. The summed E-state index contributed by atoms with van der Waals surface area (Å²) in [7, 11) is 0. The molecule has 2 N–H and O–H groups in total. The molecule has 31 heavy (non-hydrogen) atoms. The molecule has 0 aliphatic carbocycles. The lowest BCUT2D eigenvalue weighted by Crippen LogP contribution is -2.50. The van der Waals surface area contributed by atoms with Crippen molar-refractivity contribution in [3.63, 3.8) is 0 Å². The van der Waals surface area contributed by atoms with Crippen molar-refractivity contribution in [2.24, 2.45) is 0 Å². The first-order valence-electron chi connectivity index (χ1n) is 10.4. The topological polar surface area (TPSA) is 86.3 Å². The number of hydrogen-bond donors (Lipinski definition) is 2. The molecule has 160 valence electrons. The number of amides is 2. The summed E-state index contributed by atoms with van der Waals surface area (Å²) in [6, 6.07) is 13.6. The van der Waals surface area contributed by atoms with Crippen LogP contribution in [0.2, 0.25) is 0 Å². The van der Waals surface area contributed by atoms with Gasteiger partial charge in [0.25, 0.3) is 0 Å². The SMILES string of the molecule is Cc1ccnc(Nc2cc(N3CCN(C(=O)Nc4ccccc4C)CC3)nc(C)n2)c1. The van der Waals surface area contributed by atoms with Gasteiger partial charge < -0.3 is 20.4 Å². The number of benzene rings is 1. The number of carbonyl (C=O) groups excluding carboxylic acids is 1. The number of nitrogens with one attached hydrogen (secondary N) is 2. The van der Waals surface area contributed by atoms with E-state index >= 15 is 0 Å². The van der Waals surface area contributed by atoms with Gasteiger partial charge in [0, 0.05) is 44.1 Å². The summed E-state index contributed by atoms with van der Waals surface area (Å²) in [6.45, 7) is 8.57. The minimum atomic E-state index is -0.0688. The predicted molar refractivity (Wildman–Crippen MR) is 123 cm³/mol. The van der Waals surface area contributed by atoms with Crippen molar-refractivity contribution in [3.05, 3.63) is 65.6 Å². The molecule has 2 amide bonds. The van der Waals surface area contributed by atoms with Crippen molar-refractivity contribution in [2.75, 3.05) is 41.7 Å². The van der Waals surface area contributed by atoms with Crippen LogP contribution in [0.15, 0.2) is 48.7 Å². The Morgan fingerprint density at radius 2 is 1.71 bits per heavy atom. The molecule has 8 heteroatoms. The Labute approximate surface area is 182 Å². The number of nitrogens with zero attached hydrogens (tertiary/aromatic N) is 5. The summed E-state index contributed by atoms with van der Waals surface area (Å²) in [5.74, 6) is 3.00. The van der Waals surface area contributed by atoms with Gasteiger partial charge in [-0.1, -0.05) is 18.2 Å². The molecule has 1 saturated heterocycles. The monoisotopic (exact) mass is 417 g/mol. The second-order valence-electron chi connectivity index (χ2n) is 7.72. The van der Waals surface area contributed by atoms with E-state index in [1.54, 1.807) is 6.20 Å². The Morgan fingerprint density at radius 1 is 0.935 bits per heavy atom. The van der Waals surface area contributed by atoms with Gasteiger partial charge in [0.2, 0.25) is 0 Å². The van der Waals surface area contributed by atoms with Crippen LogP contribution in [0.4, 0.5) is 27.9 Å². The first-order chi connectivity index (χ1) is 15.0.